The zero-order chi connectivity index (χ0) is 21.0. The SMILES string of the molecule is Oc1cccc(CCc2cc(Nc3ccnc(NCc4cc(C5CC5)no4)n3)n[nH]2)c1. The van der Waals surface area contributed by atoms with Crippen molar-refractivity contribution in [3.63, 3.8) is 0 Å². The fraction of sp³-hybridized carbons (Fsp3) is 0.273. The normalized spacial score (nSPS) is 13.3. The second kappa shape index (κ2) is 8.47. The first-order valence-electron chi connectivity index (χ1n) is 10.3. The molecule has 0 aliphatic heterocycles. The molecule has 9 heteroatoms. The summed E-state index contributed by atoms with van der Waals surface area (Å²) in [6, 6.07) is 13.0. The minimum absolute atomic E-state index is 0.282. The molecule has 4 N–H and O–H groups in total. The third-order valence-electron chi connectivity index (χ3n) is 5.13. The Morgan fingerprint density at radius 3 is 2.90 bits per heavy atom. The van der Waals surface area contributed by atoms with Gasteiger partial charge >= 0.3 is 0 Å². The number of rotatable bonds is 9. The van der Waals surface area contributed by atoms with E-state index < -0.39 is 0 Å². The molecule has 4 aromatic rings. The summed E-state index contributed by atoms with van der Waals surface area (Å²) in [5, 5.41) is 27.4. The van der Waals surface area contributed by atoms with Crippen molar-refractivity contribution in [2.75, 3.05) is 10.6 Å². The van der Waals surface area contributed by atoms with Crippen molar-refractivity contribution in [1.29, 1.82) is 0 Å². The van der Waals surface area contributed by atoms with Gasteiger partial charge in [-0.25, -0.2) is 4.98 Å². The maximum Gasteiger partial charge on any atom is 0.224 e. The van der Waals surface area contributed by atoms with Gasteiger partial charge in [0.25, 0.3) is 0 Å². The monoisotopic (exact) mass is 417 g/mol. The van der Waals surface area contributed by atoms with Crippen molar-refractivity contribution in [3.8, 4) is 5.75 Å². The van der Waals surface area contributed by atoms with Gasteiger partial charge < -0.3 is 20.3 Å². The summed E-state index contributed by atoms with van der Waals surface area (Å²) in [7, 11) is 0. The van der Waals surface area contributed by atoms with Crippen molar-refractivity contribution in [2.24, 2.45) is 0 Å². The van der Waals surface area contributed by atoms with Crippen LogP contribution in [-0.2, 0) is 19.4 Å². The van der Waals surface area contributed by atoms with Crippen molar-refractivity contribution in [1.82, 2.24) is 25.3 Å². The molecule has 3 aromatic heterocycles. The number of nitrogens with one attached hydrogen (secondary N) is 3. The lowest BCUT2D eigenvalue weighted by Gasteiger charge is -2.05. The van der Waals surface area contributed by atoms with Crippen LogP contribution in [0.25, 0.3) is 0 Å². The Hall–Kier alpha value is -3.88. The van der Waals surface area contributed by atoms with E-state index >= 15 is 0 Å². The number of anilines is 3. The van der Waals surface area contributed by atoms with E-state index in [9.17, 15) is 5.11 Å². The number of H-pyrrole nitrogens is 1. The van der Waals surface area contributed by atoms with Gasteiger partial charge in [-0.3, -0.25) is 5.10 Å². The molecule has 1 aromatic carbocycles. The highest BCUT2D eigenvalue weighted by Crippen LogP contribution is 2.39. The first-order valence-corrected chi connectivity index (χ1v) is 10.3. The number of hydrogen-bond donors (Lipinski definition) is 4. The molecule has 0 radical (unpaired) electrons. The number of aromatic hydroxyl groups is 1. The standard InChI is InChI=1S/C22H23N7O2/c30-17-3-1-2-14(10-17)4-7-16-11-21(28-27-16)25-20-8-9-23-22(26-20)24-13-18-12-19(29-31-18)15-5-6-15/h1-3,8-12,15,30H,4-7,13H2,(H3,23,24,25,26,27,28). The number of nitrogens with zero attached hydrogens (tertiary/aromatic N) is 4. The maximum absolute atomic E-state index is 9.57. The van der Waals surface area contributed by atoms with Crippen LogP contribution < -0.4 is 10.6 Å². The number of aromatic nitrogens is 5. The molecule has 1 aliphatic rings. The molecular formula is C22H23N7O2. The average molecular weight is 417 g/mol. The minimum Gasteiger partial charge on any atom is -0.508 e. The van der Waals surface area contributed by atoms with E-state index in [0.29, 0.717) is 30.0 Å². The molecule has 158 valence electrons. The van der Waals surface area contributed by atoms with Gasteiger partial charge in [-0.2, -0.15) is 10.1 Å². The topological polar surface area (TPSA) is 125 Å². The minimum atomic E-state index is 0.282. The van der Waals surface area contributed by atoms with Crippen molar-refractivity contribution in [2.45, 2.75) is 38.1 Å². The van der Waals surface area contributed by atoms with Crippen LogP contribution >= 0.6 is 0 Å². The Kier molecular flexibility index (Phi) is 5.22. The van der Waals surface area contributed by atoms with Crippen LogP contribution in [0.4, 0.5) is 17.6 Å². The van der Waals surface area contributed by atoms with E-state index in [1.807, 2.05) is 24.3 Å². The summed E-state index contributed by atoms with van der Waals surface area (Å²) < 4.78 is 5.37. The fourth-order valence-electron chi connectivity index (χ4n) is 3.34. The fourth-order valence-corrected chi connectivity index (χ4v) is 3.34. The molecule has 0 bridgehead atoms. The summed E-state index contributed by atoms with van der Waals surface area (Å²) >= 11 is 0. The maximum atomic E-state index is 9.57. The highest BCUT2D eigenvalue weighted by Gasteiger charge is 2.27. The number of benzene rings is 1. The van der Waals surface area contributed by atoms with Crippen LogP contribution in [0.1, 0.15) is 41.5 Å². The van der Waals surface area contributed by atoms with Crippen LogP contribution in [-0.4, -0.2) is 30.4 Å². The van der Waals surface area contributed by atoms with Gasteiger partial charge in [0.2, 0.25) is 5.95 Å². The van der Waals surface area contributed by atoms with Crippen LogP contribution in [0.5, 0.6) is 5.75 Å². The van der Waals surface area contributed by atoms with Gasteiger partial charge in [-0.05, 0) is 49.4 Å². The molecule has 0 unspecified atom stereocenters. The second-order valence-corrected chi connectivity index (χ2v) is 7.68. The van der Waals surface area contributed by atoms with Gasteiger partial charge in [-0.15, -0.1) is 0 Å². The molecule has 1 aliphatic carbocycles. The molecule has 1 saturated carbocycles. The molecule has 0 atom stereocenters. The van der Waals surface area contributed by atoms with Gasteiger partial charge in [0.15, 0.2) is 11.6 Å². The smallest absolute Gasteiger partial charge is 0.224 e. The molecule has 5 rings (SSSR count). The zero-order valence-corrected chi connectivity index (χ0v) is 16.9. The predicted molar refractivity (Wildman–Crippen MR) is 115 cm³/mol. The van der Waals surface area contributed by atoms with Crippen LogP contribution in [0.2, 0.25) is 0 Å². The largest absolute Gasteiger partial charge is 0.508 e. The number of phenolic OH excluding ortho intramolecular Hbond substituents is 1. The summed E-state index contributed by atoms with van der Waals surface area (Å²) in [6.07, 6.45) is 5.67. The predicted octanol–water partition coefficient (Wildman–Crippen LogP) is 3.91. The molecular weight excluding hydrogens is 394 g/mol. The van der Waals surface area contributed by atoms with E-state index in [4.69, 9.17) is 4.52 Å². The summed E-state index contributed by atoms with van der Waals surface area (Å²) in [5.74, 6) is 3.44. The van der Waals surface area contributed by atoms with Gasteiger partial charge in [0.1, 0.15) is 11.6 Å². The third-order valence-corrected chi connectivity index (χ3v) is 5.13. The number of phenols is 1. The Labute approximate surface area is 178 Å². The highest BCUT2D eigenvalue weighted by atomic mass is 16.5. The summed E-state index contributed by atoms with van der Waals surface area (Å²) in [5.41, 5.74) is 3.10. The van der Waals surface area contributed by atoms with Crippen LogP contribution in [0.3, 0.4) is 0 Å². The lowest BCUT2D eigenvalue weighted by molar-refractivity contribution is 0.381. The Morgan fingerprint density at radius 2 is 2.03 bits per heavy atom. The molecule has 1 fully saturated rings. The van der Waals surface area contributed by atoms with Crippen molar-refractivity contribution >= 4 is 17.6 Å². The summed E-state index contributed by atoms with van der Waals surface area (Å²) in [4.78, 5) is 8.73. The van der Waals surface area contributed by atoms with E-state index in [-0.39, 0.29) is 5.75 Å². The lowest BCUT2D eigenvalue weighted by Crippen LogP contribution is -2.04. The first kappa shape index (κ1) is 19.1. The quantitative estimate of drug-likeness (QED) is 0.323. The van der Waals surface area contributed by atoms with E-state index in [2.05, 4.69) is 36.0 Å². The number of aryl methyl sites for hydroxylation is 2. The number of hydrogen-bond acceptors (Lipinski definition) is 8. The molecule has 0 amide bonds. The van der Waals surface area contributed by atoms with Crippen LogP contribution in [0.15, 0.2) is 53.2 Å². The summed E-state index contributed by atoms with van der Waals surface area (Å²) in [6.45, 7) is 0.477. The van der Waals surface area contributed by atoms with Crippen molar-refractivity contribution < 1.29 is 9.63 Å². The van der Waals surface area contributed by atoms with E-state index in [0.717, 1.165) is 35.6 Å². The molecule has 3 heterocycles. The van der Waals surface area contributed by atoms with Crippen molar-refractivity contribution in [3.05, 3.63) is 71.4 Å². The second-order valence-electron chi connectivity index (χ2n) is 7.68. The lowest BCUT2D eigenvalue weighted by atomic mass is 10.1. The van der Waals surface area contributed by atoms with E-state index in [1.54, 1.807) is 24.4 Å². The first-order chi connectivity index (χ1) is 15.2. The van der Waals surface area contributed by atoms with Gasteiger partial charge in [0.05, 0.1) is 12.2 Å². The van der Waals surface area contributed by atoms with Gasteiger partial charge in [-0.1, -0.05) is 17.3 Å². The molecule has 9 nitrogen and oxygen atoms in total. The molecule has 31 heavy (non-hydrogen) atoms. The number of aromatic amines is 1. The third kappa shape index (κ3) is 5.00. The molecule has 0 spiro atoms. The Bertz CT molecular complexity index is 1170. The van der Waals surface area contributed by atoms with E-state index in [1.165, 1.54) is 12.8 Å². The van der Waals surface area contributed by atoms with Crippen LogP contribution in [0, 0.1) is 0 Å². The Morgan fingerprint density at radius 1 is 1.10 bits per heavy atom. The zero-order valence-electron chi connectivity index (χ0n) is 16.9. The molecule has 0 saturated heterocycles. The average Bonchev–Trinajstić information content (AvgIpc) is 3.35. The highest BCUT2D eigenvalue weighted by molar-refractivity contribution is 5.53. The Balaban J connectivity index is 1.15. The van der Waals surface area contributed by atoms with Gasteiger partial charge in [0, 0.05) is 29.9 Å².